The van der Waals surface area contributed by atoms with Gasteiger partial charge in [0.05, 0.1) is 44.8 Å². The fraction of sp³-hybridized carbons (Fsp3) is 0.562. The number of hydrogen-bond donors (Lipinski definition) is 2. The molecule has 2 aliphatic heterocycles. The predicted molar refractivity (Wildman–Crippen MR) is 161 cm³/mol. The summed E-state index contributed by atoms with van der Waals surface area (Å²) in [5.74, 6) is 1.30. The van der Waals surface area contributed by atoms with Crippen molar-refractivity contribution in [2.24, 2.45) is 16.1 Å². The smallest absolute Gasteiger partial charge is 0.222 e. The highest BCUT2D eigenvalue weighted by atomic mass is 19.1. The molecule has 0 bridgehead atoms. The summed E-state index contributed by atoms with van der Waals surface area (Å²) in [7, 11) is 1.62. The number of aliphatic imine (C=N–C) groups is 1. The Morgan fingerprint density at radius 1 is 1.31 bits per heavy atom. The van der Waals surface area contributed by atoms with Gasteiger partial charge in [-0.1, -0.05) is 13.0 Å². The number of fused-ring (bicyclic) bond motifs is 1. The number of nitrogens with one attached hydrogen (secondary N) is 1. The topological polar surface area (TPSA) is 111 Å². The zero-order valence-electron chi connectivity index (χ0n) is 25.3. The highest BCUT2D eigenvalue weighted by Crippen LogP contribution is 2.38. The molecule has 3 N–H and O–H groups in total. The van der Waals surface area contributed by atoms with Crippen LogP contribution in [0.4, 0.5) is 4.39 Å². The van der Waals surface area contributed by atoms with E-state index in [0.717, 1.165) is 44.1 Å². The molecule has 3 heterocycles. The van der Waals surface area contributed by atoms with Crippen molar-refractivity contribution in [1.29, 1.82) is 0 Å². The molecule has 42 heavy (non-hydrogen) atoms. The molecule has 10 heteroatoms. The van der Waals surface area contributed by atoms with Crippen molar-refractivity contribution >= 4 is 18.1 Å². The van der Waals surface area contributed by atoms with Gasteiger partial charge in [0.2, 0.25) is 5.91 Å². The molecule has 230 valence electrons. The molecule has 3 aliphatic rings. The quantitative estimate of drug-likeness (QED) is 0.0933. The average Bonchev–Trinajstić information content (AvgIpc) is 3.23. The third-order valence-electron chi connectivity index (χ3n) is 7.76. The minimum atomic E-state index is -0.363. The number of aromatic amines is 1. The van der Waals surface area contributed by atoms with Gasteiger partial charge in [0.1, 0.15) is 5.76 Å². The molecule has 0 radical (unpaired) electrons. The molecule has 2 saturated heterocycles. The van der Waals surface area contributed by atoms with Crippen LogP contribution < -0.4 is 5.73 Å². The number of aromatic nitrogens is 1. The fourth-order valence-electron chi connectivity index (χ4n) is 5.46. The van der Waals surface area contributed by atoms with Crippen LogP contribution in [0.25, 0.3) is 5.83 Å². The van der Waals surface area contributed by atoms with Crippen LogP contribution in [-0.2, 0) is 30.2 Å². The SMILES string of the molecule is CCC/C(OC)=C(\C=C(/CCC(C)OC1=C(F)c2cc(C)[nH]c2CC=C1)N=CN)OCCCC(=O)N1CC2(COC2)C1. The van der Waals surface area contributed by atoms with Crippen molar-refractivity contribution in [2.45, 2.75) is 71.8 Å². The molecule has 9 nitrogen and oxygen atoms in total. The van der Waals surface area contributed by atoms with E-state index in [1.54, 1.807) is 19.3 Å². The molecule has 1 spiro atoms. The Kier molecular flexibility index (Phi) is 10.9. The molecule has 1 unspecified atom stereocenters. The molecule has 4 rings (SSSR count). The van der Waals surface area contributed by atoms with E-state index in [9.17, 15) is 4.79 Å². The Morgan fingerprint density at radius 3 is 2.76 bits per heavy atom. The fourth-order valence-corrected chi connectivity index (χ4v) is 5.46. The standard InChI is InChI=1S/C32H45FN4O5/c1-5-8-27(39-4)29(41-14-7-11-30(38)37-17-32(18-37)19-40-20-32)16-24(35-21-34)13-12-23(3)42-28-10-6-9-26-25(31(28)33)15-22(2)36-26/h6,10,15-16,21,23,36H,5,7-9,11-14,17-20H2,1-4H3,(H2,34,35)/b24-16+,29-27-. The Morgan fingerprint density at radius 2 is 2.10 bits per heavy atom. The average molecular weight is 585 g/mol. The van der Waals surface area contributed by atoms with Crippen LogP contribution in [0.1, 0.15) is 69.3 Å². The van der Waals surface area contributed by atoms with Crippen LogP contribution in [0.2, 0.25) is 0 Å². The minimum absolute atomic E-state index is 0.151. The summed E-state index contributed by atoms with van der Waals surface area (Å²) in [6.45, 7) is 9.36. The van der Waals surface area contributed by atoms with Gasteiger partial charge in [0, 0.05) is 61.1 Å². The van der Waals surface area contributed by atoms with Crippen LogP contribution in [0.3, 0.4) is 0 Å². The number of H-pyrrole nitrogens is 1. The minimum Gasteiger partial charge on any atom is -0.497 e. The van der Waals surface area contributed by atoms with Crippen LogP contribution in [0, 0.1) is 12.3 Å². The number of amides is 1. The number of rotatable bonds is 15. The molecule has 2 fully saturated rings. The van der Waals surface area contributed by atoms with Gasteiger partial charge >= 0.3 is 0 Å². The van der Waals surface area contributed by atoms with Crippen LogP contribution in [-0.4, -0.2) is 68.3 Å². The number of nitrogens with zero attached hydrogens (tertiary/aromatic N) is 2. The second kappa shape index (κ2) is 14.6. The van der Waals surface area contributed by atoms with Gasteiger partial charge in [0.15, 0.2) is 17.3 Å². The van der Waals surface area contributed by atoms with Crippen molar-refractivity contribution in [1.82, 2.24) is 9.88 Å². The zero-order valence-corrected chi connectivity index (χ0v) is 25.3. The maximum absolute atomic E-state index is 15.3. The number of carbonyl (C=O) groups is 1. The van der Waals surface area contributed by atoms with Crippen molar-refractivity contribution in [3.8, 4) is 0 Å². The number of hydrogen-bond acceptors (Lipinski definition) is 6. The van der Waals surface area contributed by atoms with Gasteiger partial charge < -0.3 is 34.6 Å². The summed E-state index contributed by atoms with van der Waals surface area (Å²) in [4.78, 5) is 22.0. The number of ether oxygens (including phenoxy) is 4. The Hall–Kier alpha value is -3.53. The van der Waals surface area contributed by atoms with Crippen molar-refractivity contribution in [3.05, 3.63) is 64.2 Å². The van der Waals surface area contributed by atoms with E-state index in [0.29, 0.717) is 67.9 Å². The van der Waals surface area contributed by atoms with Gasteiger partial charge in [0.25, 0.3) is 0 Å². The second-order valence-electron chi connectivity index (χ2n) is 11.4. The number of aryl methyl sites for hydroxylation is 1. The molecule has 0 aromatic carbocycles. The number of halogens is 1. The Balaban J connectivity index is 1.35. The van der Waals surface area contributed by atoms with Crippen molar-refractivity contribution in [3.63, 3.8) is 0 Å². The molecular formula is C32H45FN4O5. The molecule has 1 aromatic heterocycles. The van der Waals surface area contributed by atoms with Crippen molar-refractivity contribution in [2.75, 3.05) is 40.0 Å². The summed E-state index contributed by atoms with van der Waals surface area (Å²) in [5.41, 5.74) is 8.88. The zero-order chi connectivity index (χ0) is 30.1. The molecule has 1 aromatic rings. The number of likely N-dealkylation sites (tertiary alicyclic amines) is 1. The molecule has 1 amide bonds. The third kappa shape index (κ3) is 7.85. The lowest BCUT2D eigenvalue weighted by Gasteiger charge is -2.55. The Bertz CT molecular complexity index is 1250. The second-order valence-corrected chi connectivity index (χ2v) is 11.4. The van der Waals surface area contributed by atoms with E-state index in [1.165, 1.54) is 6.34 Å². The number of nitrogens with two attached hydrogens (primary N) is 1. The number of carbonyl (C=O) groups excluding carboxylic acids is 1. The largest absolute Gasteiger partial charge is 0.497 e. The lowest BCUT2D eigenvalue weighted by molar-refractivity contribution is -0.195. The van der Waals surface area contributed by atoms with Gasteiger partial charge in [-0.2, -0.15) is 0 Å². The van der Waals surface area contributed by atoms with Crippen LogP contribution in [0.5, 0.6) is 0 Å². The Labute approximate surface area is 248 Å². The summed E-state index contributed by atoms with van der Waals surface area (Å²) in [5, 5.41) is 0. The first-order valence-corrected chi connectivity index (χ1v) is 14.9. The highest BCUT2D eigenvalue weighted by Gasteiger charge is 2.50. The van der Waals surface area contributed by atoms with Gasteiger partial charge in [-0.05, 0) is 51.7 Å². The molecule has 1 atom stereocenters. The highest BCUT2D eigenvalue weighted by molar-refractivity contribution is 5.77. The summed E-state index contributed by atoms with van der Waals surface area (Å²) in [6.07, 6.45) is 10.7. The summed E-state index contributed by atoms with van der Waals surface area (Å²) in [6, 6.07) is 1.81. The van der Waals surface area contributed by atoms with Gasteiger partial charge in [-0.25, -0.2) is 9.38 Å². The normalized spacial score (nSPS) is 19.2. The summed E-state index contributed by atoms with van der Waals surface area (Å²) < 4.78 is 38.4. The van der Waals surface area contributed by atoms with Gasteiger partial charge in [-0.3, -0.25) is 4.79 Å². The summed E-state index contributed by atoms with van der Waals surface area (Å²) >= 11 is 0. The number of allylic oxidation sites excluding steroid dienone is 5. The van der Waals surface area contributed by atoms with E-state index in [-0.39, 0.29) is 29.0 Å². The van der Waals surface area contributed by atoms with E-state index in [1.807, 2.05) is 30.9 Å². The molecule has 1 aliphatic carbocycles. The lowest BCUT2D eigenvalue weighted by atomic mass is 9.78. The van der Waals surface area contributed by atoms with Crippen LogP contribution in [0.15, 0.2) is 52.3 Å². The van der Waals surface area contributed by atoms with Crippen LogP contribution >= 0.6 is 0 Å². The maximum Gasteiger partial charge on any atom is 0.222 e. The van der Waals surface area contributed by atoms with Gasteiger partial charge in [-0.15, -0.1) is 0 Å². The lowest BCUT2D eigenvalue weighted by Crippen LogP contribution is -2.67. The van der Waals surface area contributed by atoms with E-state index in [4.69, 9.17) is 24.7 Å². The van der Waals surface area contributed by atoms with E-state index in [2.05, 4.69) is 16.9 Å². The first-order chi connectivity index (χ1) is 20.3. The van der Waals surface area contributed by atoms with Crippen molar-refractivity contribution < 1.29 is 28.1 Å². The first kappa shape index (κ1) is 31.4. The number of methoxy groups -OCH3 is 1. The van der Waals surface area contributed by atoms with E-state index < -0.39 is 0 Å². The first-order valence-electron chi connectivity index (χ1n) is 14.9. The maximum atomic E-state index is 15.3. The third-order valence-corrected chi connectivity index (χ3v) is 7.76. The monoisotopic (exact) mass is 584 g/mol. The molecule has 0 saturated carbocycles. The predicted octanol–water partition coefficient (Wildman–Crippen LogP) is 5.44. The van der Waals surface area contributed by atoms with E-state index >= 15 is 4.39 Å². The molecular weight excluding hydrogens is 539 g/mol.